The van der Waals surface area contributed by atoms with Gasteiger partial charge in [-0.25, -0.2) is 0 Å². The zero-order valence-electron chi connectivity index (χ0n) is 4.81. The predicted octanol–water partition coefficient (Wildman–Crippen LogP) is 1.77. The Morgan fingerprint density at radius 2 is 1.29 bits per heavy atom. The van der Waals surface area contributed by atoms with Crippen molar-refractivity contribution in [3.8, 4) is 0 Å². The first kappa shape index (κ1) is 6.67. The molecular formula is C6H12O. The normalized spacial score (nSPS) is 15.6. The van der Waals surface area contributed by atoms with Gasteiger partial charge in [-0.15, -0.1) is 0 Å². The van der Waals surface area contributed by atoms with E-state index in [-0.39, 0.29) is 0 Å². The summed E-state index contributed by atoms with van der Waals surface area (Å²) in [6.45, 7) is 1.44. The molecule has 1 heteroatoms. The lowest BCUT2D eigenvalue weighted by Gasteiger charge is -2.05. The van der Waals surface area contributed by atoms with Crippen LogP contribution >= 0.6 is 0 Å². The third-order valence-electron chi connectivity index (χ3n) is 1.000. The predicted molar refractivity (Wildman–Crippen MR) is 30.2 cm³/mol. The molecule has 0 aromatic heterocycles. The second-order valence-electron chi connectivity index (χ2n) is 1.65. The molecule has 0 N–H and O–H groups in total. The molecule has 0 atom stereocenters. The van der Waals surface area contributed by atoms with Crippen LogP contribution in [0.25, 0.3) is 0 Å². The molecule has 1 fully saturated rings. The Balaban J connectivity index is 0.000000110. The van der Waals surface area contributed by atoms with E-state index in [4.69, 9.17) is 4.79 Å². The number of carbonyl (C=O) groups is 1. The van der Waals surface area contributed by atoms with Crippen molar-refractivity contribution < 1.29 is 4.79 Å². The van der Waals surface area contributed by atoms with Crippen LogP contribution in [0.15, 0.2) is 0 Å². The van der Waals surface area contributed by atoms with Crippen LogP contribution in [0.5, 0.6) is 0 Å². The number of aldehydes is 1. The van der Waals surface area contributed by atoms with Gasteiger partial charge in [0.05, 0.1) is 0 Å². The van der Waals surface area contributed by atoms with Crippen molar-refractivity contribution in [2.45, 2.75) is 32.6 Å². The van der Waals surface area contributed by atoms with Crippen molar-refractivity contribution >= 4 is 6.29 Å². The summed E-state index contributed by atoms with van der Waals surface area (Å²) >= 11 is 0. The van der Waals surface area contributed by atoms with Gasteiger partial charge in [0.1, 0.15) is 6.29 Å². The van der Waals surface area contributed by atoms with Crippen LogP contribution in [-0.4, -0.2) is 6.29 Å². The lowest BCUT2D eigenvalue weighted by atomic mass is 10.0. The fourth-order valence-corrected chi connectivity index (χ4v) is 0.250. The van der Waals surface area contributed by atoms with Crippen LogP contribution in [0.4, 0.5) is 0 Å². The maximum absolute atomic E-state index is 8.81. The van der Waals surface area contributed by atoms with Crippen LogP contribution < -0.4 is 0 Å². The lowest BCUT2D eigenvalue weighted by Crippen LogP contribution is -1.85. The van der Waals surface area contributed by atoms with E-state index < -0.39 is 0 Å². The molecule has 42 valence electrons. The van der Waals surface area contributed by atoms with Crippen LogP contribution in [0.1, 0.15) is 32.6 Å². The smallest absolute Gasteiger partial charge is 0.116 e. The summed E-state index contributed by atoms with van der Waals surface area (Å²) in [5, 5.41) is 0. The van der Waals surface area contributed by atoms with Crippen LogP contribution in [-0.2, 0) is 4.79 Å². The van der Waals surface area contributed by atoms with Crippen LogP contribution in [0.2, 0.25) is 0 Å². The number of hydrogen-bond donors (Lipinski definition) is 0. The van der Waals surface area contributed by atoms with E-state index in [9.17, 15) is 0 Å². The topological polar surface area (TPSA) is 17.1 Å². The molecule has 0 aromatic rings. The van der Waals surface area contributed by atoms with Crippen LogP contribution in [0.3, 0.4) is 0 Å². The summed E-state index contributed by atoms with van der Waals surface area (Å²) in [5.74, 6) is 0. The molecule has 0 unspecified atom stereocenters. The number of rotatable bonds is 0. The molecule has 1 aliphatic rings. The van der Waals surface area contributed by atoms with Crippen molar-refractivity contribution in [3.63, 3.8) is 0 Å². The van der Waals surface area contributed by atoms with Gasteiger partial charge < -0.3 is 4.79 Å². The van der Waals surface area contributed by atoms with Gasteiger partial charge in [0, 0.05) is 0 Å². The molecule has 0 bridgehead atoms. The van der Waals surface area contributed by atoms with Gasteiger partial charge in [-0.05, 0) is 6.92 Å². The Morgan fingerprint density at radius 1 is 1.14 bits per heavy atom. The summed E-state index contributed by atoms with van der Waals surface area (Å²) in [6.07, 6.45) is 6.75. The second kappa shape index (κ2) is 5.67. The second-order valence-corrected chi connectivity index (χ2v) is 1.65. The molecule has 0 aromatic carbocycles. The third-order valence-corrected chi connectivity index (χ3v) is 1.000. The van der Waals surface area contributed by atoms with Gasteiger partial charge >= 0.3 is 0 Å². The van der Waals surface area contributed by atoms with Crippen molar-refractivity contribution in [2.75, 3.05) is 0 Å². The fourth-order valence-electron chi connectivity index (χ4n) is 0.250. The van der Waals surface area contributed by atoms with Gasteiger partial charge in [0.25, 0.3) is 0 Å². The molecular weight excluding hydrogens is 88.1 g/mol. The average molecular weight is 100 g/mol. The molecule has 0 saturated heterocycles. The lowest BCUT2D eigenvalue weighted by molar-refractivity contribution is -0.106. The third kappa shape index (κ3) is 5.67. The number of hydrogen-bond acceptors (Lipinski definition) is 1. The summed E-state index contributed by atoms with van der Waals surface area (Å²) in [6, 6.07) is 0. The maximum Gasteiger partial charge on any atom is 0.116 e. The average Bonchev–Trinajstić information content (AvgIpc) is 1.27. The standard InChI is InChI=1S/C4H8.C2H4O/c1-2-4-3-1;1-2-3/h1-4H2;2H,1H3. The molecule has 0 aliphatic heterocycles. The van der Waals surface area contributed by atoms with E-state index >= 15 is 0 Å². The summed E-state index contributed by atoms with van der Waals surface area (Å²) in [7, 11) is 0. The van der Waals surface area contributed by atoms with Gasteiger partial charge in [-0.1, -0.05) is 25.7 Å². The highest BCUT2D eigenvalue weighted by Crippen LogP contribution is 2.15. The molecule has 0 radical (unpaired) electrons. The zero-order chi connectivity index (χ0) is 5.54. The van der Waals surface area contributed by atoms with E-state index in [1.807, 2.05) is 0 Å². The Kier molecular flexibility index (Phi) is 5.40. The van der Waals surface area contributed by atoms with E-state index in [0.717, 1.165) is 6.29 Å². The molecule has 0 amide bonds. The minimum absolute atomic E-state index is 0.750. The van der Waals surface area contributed by atoms with Gasteiger partial charge in [0.15, 0.2) is 0 Å². The monoisotopic (exact) mass is 100 g/mol. The molecule has 1 nitrogen and oxygen atoms in total. The largest absolute Gasteiger partial charge is 0.304 e. The summed E-state index contributed by atoms with van der Waals surface area (Å²) in [5.41, 5.74) is 0. The highest BCUT2D eigenvalue weighted by Gasteiger charge is 1.95. The van der Waals surface area contributed by atoms with Crippen molar-refractivity contribution in [2.24, 2.45) is 0 Å². The Bertz CT molecular complexity index is 33.4. The van der Waals surface area contributed by atoms with Gasteiger partial charge in [-0.3, -0.25) is 0 Å². The summed E-state index contributed by atoms with van der Waals surface area (Å²) in [4.78, 5) is 8.81. The molecule has 1 saturated carbocycles. The zero-order valence-corrected chi connectivity index (χ0v) is 4.81. The van der Waals surface area contributed by atoms with Crippen molar-refractivity contribution in [1.29, 1.82) is 0 Å². The van der Waals surface area contributed by atoms with Crippen molar-refractivity contribution in [1.82, 2.24) is 0 Å². The summed E-state index contributed by atoms with van der Waals surface area (Å²) < 4.78 is 0. The minimum atomic E-state index is 0.750. The SMILES string of the molecule is C1CCC1.CC=O. The van der Waals surface area contributed by atoms with Gasteiger partial charge in [0.2, 0.25) is 0 Å². The first-order valence-corrected chi connectivity index (χ1v) is 2.81. The molecule has 7 heavy (non-hydrogen) atoms. The fraction of sp³-hybridized carbons (Fsp3) is 0.833. The molecule has 0 spiro atoms. The quantitative estimate of drug-likeness (QED) is 0.424. The first-order valence-electron chi connectivity index (χ1n) is 2.81. The molecule has 0 heterocycles. The van der Waals surface area contributed by atoms with E-state index in [1.165, 1.54) is 32.6 Å². The van der Waals surface area contributed by atoms with E-state index in [2.05, 4.69) is 0 Å². The van der Waals surface area contributed by atoms with Crippen LogP contribution in [0, 0.1) is 0 Å². The molecule has 1 aliphatic carbocycles. The van der Waals surface area contributed by atoms with E-state index in [0.29, 0.717) is 0 Å². The van der Waals surface area contributed by atoms with Gasteiger partial charge in [-0.2, -0.15) is 0 Å². The Labute approximate surface area is 44.7 Å². The maximum atomic E-state index is 8.81. The Hall–Kier alpha value is -0.330. The molecule has 1 rings (SSSR count). The Morgan fingerprint density at radius 3 is 1.29 bits per heavy atom. The van der Waals surface area contributed by atoms with Crippen molar-refractivity contribution in [3.05, 3.63) is 0 Å². The first-order chi connectivity index (χ1) is 3.41. The minimum Gasteiger partial charge on any atom is -0.304 e. The van der Waals surface area contributed by atoms with E-state index in [1.54, 1.807) is 0 Å². The number of carbonyl (C=O) groups excluding carboxylic acids is 1. The highest BCUT2D eigenvalue weighted by atomic mass is 16.1. The highest BCUT2D eigenvalue weighted by molar-refractivity contribution is 5.44.